The number of aromatic nitrogens is 4. The summed E-state index contributed by atoms with van der Waals surface area (Å²) in [6.07, 6.45) is 11.0. The number of rotatable bonds is 11. The van der Waals surface area contributed by atoms with Crippen molar-refractivity contribution in [3.63, 3.8) is 0 Å². The number of likely N-dealkylation sites (tertiary alicyclic amines) is 2. The fraction of sp³-hybridized carbons (Fsp3) is 0.324. The summed E-state index contributed by atoms with van der Waals surface area (Å²) in [6.45, 7) is 5.33. The number of anilines is 3. The molecule has 4 N–H and O–H groups in total. The summed E-state index contributed by atoms with van der Waals surface area (Å²) in [5.74, 6) is 0.837. The molecule has 252 valence electrons. The minimum absolute atomic E-state index is 0.178. The average Bonchev–Trinajstić information content (AvgIpc) is 3.85. The number of nitrogens with one attached hydrogen (secondary N) is 4. The molecule has 12 nitrogen and oxygen atoms in total. The Kier molecular flexibility index (Phi) is 9.92. The largest absolute Gasteiger partial charge is 0.489 e. The maximum Gasteiger partial charge on any atom is 0.321 e. The minimum Gasteiger partial charge on any atom is -0.489 e. The Labute approximate surface area is 285 Å². The first-order chi connectivity index (χ1) is 24.1. The van der Waals surface area contributed by atoms with Gasteiger partial charge in [0.25, 0.3) is 5.91 Å². The number of ether oxygens (including phenoxy) is 1. The van der Waals surface area contributed by atoms with E-state index >= 15 is 0 Å². The third-order valence-electron chi connectivity index (χ3n) is 8.91. The van der Waals surface area contributed by atoms with Crippen LogP contribution in [0.2, 0.25) is 0 Å². The Morgan fingerprint density at radius 1 is 0.878 bits per heavy atom. The van der Waals surface area contributed by atoms with Crippen molar-refractivity contribution in [1.82, 2.24) is 35.1 Å². The molecule has 0 unspecified atom stereocenters. The normalized spacial score (nSPS) is 14.9. The van der Waals surface area contributed by atoms with Crippen LogP contribution in [0.1, 0.15) is 48.0 Å². The topological polar surface area (TPSA) is 140 Å². The smallest absolute Gasteiger partial charge is 0.321 e. The van der Waals surface area contributed by atoms with Gasteiger partial charge in [0, 0.05) is 78.2 Å². The van der Waals surface area contributed by atoms with Gasteiger partial charge in [0.15, 0.2) is 0 Å². The first kappa shape index (κ1) is 32.1. The van der Waals surface area contributed by atoms with E-state index in [2.05, 4.69) is 30.8 Å². The van der Waals surface area contributed by atoms with Gasteiger partial charge in [-0.1, -0.05) is 24.6 Å². The van der Waals surface area contributed by atoms with Crippen LogP contribution in [0.25, 0.3) is 22.3 Å². The van der Waals surface area contributed by atoms with Gasteiger partial charge in [-0.15, -0.1) is 0 Å². The Hall–Kier alpha value is -5.49. The van der Waals surface area contributed by atoms with Gasteiger partial charge in [-0.2, -0.15) is 4.98 Å². The van der Waals surface area contributed by atoms with Crippen LogP contribution in [-0.2, 0) is 6.61 Å². The summed E-state index contributed by atoms with van der Waals surface area (Å²) in [6, 6.07) is 18.7. The van der Waals surface area contributed by atoms with E-state index in [9.17, 15) is 9.59 Å². The van der Waals surface area contributed by atoms with Crippen LogP contribution in [0.15, 0.2) is 79.3 Å². The molecule has 2 saturated heterocycles. The van der Waals surface area contributed by atoms with E-state index < -0.39 is 0 Å². The monoisotopic (exact) mass is 659 g/mol. The van der Waals surface area contributed by atoms with E-state index in [1.54, 1.807) is 35.5 Å². The fourth-order valence-electron chi connectivity index (χ4n) is 6.37. The number of carbonyl (C=O) groups excluding carboxylic acids is 2. The van der Waals surface area contributed by atoms with Crippen molar-refractivity contribution in [3.05, 3.63) is 90.4 Å². The van der Waals surface area contributed by atoms with Gasteiger partial charge in [-0.05, 0) is 81.2 Å². The first-order valence-electron chi connectivity index (χ1n) is 17.0. The second-order valence-electron chi connectivity index (χ2n) is 12.5. The number of piperidine rings is 1. The van der Waals surface area contributed by atoms with E-state index in [4.69, 9.17) is 14.7 Å². The molecule has 2 aromatic carbocycles. The van der Waals surface area contributed by atoms with Gasteiger partial charge in [-0.3, -0.25) is 9.78 Å². The second-order valence-corrected chi connectivity index (χ2v) is 12.5. The van der Waals surface area contributed by atoms with Gasteiger partial charge >= 0.3 is 6.03 Å². The van der Waals surface area contributed by atoms with E-state index in [0.29, 0.717) is 47.4 Å². The third kappa shape index (κ3) is 8.15. The lowest BCUT2D eigenvalue weighted by molar-refractivity contribution is 0.0946. The molecule has 3 aromatic heterocycles. The van der Waals surface area contributed by atoms with Gasteiger partial charge in [0.1, 0.15) is 18.0 Å². The summed E-state index contributed by atoms with van der Waals surface area (Å²) < 4.78 is 6.07. The number of amides is 3. The van der Waals surface area contributed by atoms with Crippen molar-refractivity contribution < 1.29 is 14.3 Å². The molecule has 0 spiro atoms. The van der Waals surface area contributed by atoms with Crippen LogP contribution in [0.3, 0.4) is 0 Å². The molecule has 7 rings (SSSR count). The zero-order valence-electron chi connectivity index (χ0n) is 27.5. The number of hydrogen-bond donors (Lipinski definition) is 4. The lowest BCUT2D eigenvalue weighted by atomic mass is 10.1. The third-order valence-corrected chi connectivity index (χ3v) is 8.91. The van der Waals surface area contributed by atoms with Crippen LogP contribution >= 0.6 is 0 Å². The van der Waals surface area contributed by atoms with Crippen LogP contribution in [0.4, 0.5) is 22.1 Å². The second kappa shape index (κ2) is 15.2. The van der Waals surface area contributed by atoms with Gasteiger partial charge in [-0.25, -0.2) is 9.78 Å². The van der Waals surface area contributed by atoms with E-state index in [1.807, 2.05) is 48.7 Å². The van der Waals surface area contributed by atoms with Gasteiger partial charge in [0.2, 0.25) is 5.95 Å². The number of aromatic amines is 1. The maximum atomic E-state index is 13.4. The molecule has 12 heteroatoms. The Balaban J connectivity index is 1.13. The molecule has 0 atom stereocenters. The summed E-state index contributed by atoms with van der Waals surface area (Å²) in [7, 11) is 0. The Bertz CT molecular complexity index is 1900. The number of pyridine rings is 1. The fourth-order valence-corrected chi connectivity index (χ4v) is 6.37. The average molecular weight is 660 g/mol. The van der Waals surface area contributed by atoms with Crippen molar-refractivity contribution >= 4 is 40.3 Å². The number of carbonyl (C=O) groups is 2. The summed E-state index contributed by atoms with van der Waals surface area (Å²) in [5, 5.41) is 10.2. The number of hydrogen-bond acceptors (Lipinski definition) is 8. The molecule has 49 heavy (non-hydrogen) atoms. The number of urea groups is 1. The van der Waals surface area contributed by atoms with Crippen LogP contribution in [0, 0.1) is 0 Å². The van der Waals surface area contributed by atoms with Crippen LogP contribution < -0.4 is 20.7 Å². The first-order valence-corrected chi connectivity index (χ1v) is 17.0. The van der Waals surface area contributed by atoms with Crippen molar-refractivity contribution in [3.8, 4) is 17.0 Å². The quantitative estimate of drug-likeness (QED) is 0.132. The van der Waals surface area contributed by atoms with E-state index in [0.717, 1.165) is 67.8 Å². The van der Waals surface area contributed by atoms with Crippen molar-refractivity contribution in [2.75, 3.05) is 49.9 Å². The number of H-pyrrole nitrogens is 1. The highest BCUT2D eigenvalue weighted by Gasteiger charge is 2.20. The molecule has 2 fully saturated rings. The van der Waals surface area contributed by atoms with Crippen molar-refractivity contribution in [2.45, 2.75) is 38.7 Å². The van der Waals surface area contributed by atoms with Crippen LogP contribution in [0.5, 0.6) is 5.75 Å². The number of benzene rings is 2. The molecule has 5 heterocycles. The highest BCUT2D eigenvalue weighted by Crippen LogP contribution is 2.31. The van der Waals surface area contributed by atoms with Crippen molar-refractivity contribution in [2.24, 2.45) is 0 Å². The van der Waals surface area contributed by atoms with E-state index in [-0.39, 0.29) is 11.9 Å². The number of fused-ring (bicyclic) bond motifs is 1. The molecular formula is C37H41N9O3. The van der Waals surface area contributed by atoms with Crippen LogP contribution in [-0.4, -0.2) is 80.9 Å². The molecular weight excluding hydrogens is 618 g/mol. The lowest BCUT2D eigenvalue weighted by Crippen LogP contribution is -2.37. The predicted octanol–water partition coefficient (Wildman–Crippen LogP) is 6.19. The molecule has 5 aromatic rings. The highest BCUT2D eigenvalue weighted by molar-refractivity contribution is 5.99. The Morgan fingerprint density at radius 3 is 2.55 bits per heavy atom. The summed E-state index contributed by atoms with van der Waals surface area (Å²) >= 11 is 0. The molecule has 3 amide bonds. The summed E-state index contributed by atoms with van der Waals surface area (Å²) in [4.78, 5) is 47.6. The van der Waals surface area contributed by atoms with Crippen molar-refractivity contribution in [1.29, 1.82) is 0 Å². The SMILES string of the molecule is O=C(NCCN1CCCCC1)c1cc(NC(=O)N2CCCC2)cc(Nc2nc(-c3cccc(OCc4cccnc4)c3)c3cc[nH]c3n2)c1. The molecule has 2 aliphatic heterocycles. The molecule has 2 aliphatic rings. The predicted molar refractivity (Wildman–Crippen MR) is 190 cm³/mol. The van der Waals surface area contributed by atoms with Gasteiger partial charge in [0.05, 0.1) is 5.69 Å². The zero-order valence-corrected chi connectivity index (χ0v) is 27.5. The lowest BCUT2D eigenvalue weighted by Gasteiger charge is -2.26. The maximum absolute atomic E-state index is 13.4. The minimum atomic E-state index is -0.207. The van der Waals surface area contributed by atoms with E-state index in [1.165, 1.54) is 19.3 Å². The Morgan fingerprint density at radius 2 is 1.71 bits per heavy atom. The highest BCUT2D eigenvalue weighted by atomic mass is 16.5. The number of nitrogens with zero attached hydrogens (tertiary/aromatic N) is 5. The zero-order chi connectivity index (χ0) is 33.4. The standard InChI is InChI=1S/C37H41N9O3/c47-35(40-14-19-45-15-2-1-3-16-45)28-20-29(23-30(21-28)42-37(48)46-17-4-5-18-46)41-36-43-33(32-11-13-39-34(32)44-36)27-9-6-10-31(22-27)49-25-26-8-7-12-38-24-26/h6-13,20-24H,1-5,14-19,25H2,(H,40,47)(H,42,48)(H2,39,41,43,44). The summed E-state index contributed by atoms with van der Waals surface area (Å²) in [5.41, 5.74) is 4.73. The molecule has 0 bridgehead atoms. The molecule has 0 radical (unpaired) electrons. The van der Waals surface area contributed by atoms with Gasteiger partial charge < -0.3 is 35.5 Å². The molecule has 0 saturated carbocycles. The molecule has 0 aliphatic carbocycles.